The Kier molecular flexibility index (Phi) is 7.12. The highest BCUT2D eigenvalue weighted by atomic mass is 79.9. The molecule has 2 heterocycles. The number of nitrogens with zero attached hydrogens (tertiary/aromatic N) is 4. The van der Waals surface area contributed by atoms with Crippen molar-refractivity contribution in [1.82, 2.24) is 8.98 Å². The Hall–Kier alpha value is -2.11. The van der Waals surface area contributed by atoms with E-state index in [1.54, 1.807) is 24.3 Å². The number of ether oxygens (including phenoxy) is 1. The third kappa shape index (κ3) is 4.96. The standard InChI is InChI=1S/C24H25BrN4O3S2/c25-22-8-4-3-7-21(22)23-17-33-24(29(23)27-19-5-1-2-6-19)26-18-9-11-20(12-10-18)34(30,31)28-13-15-32-16-14-28/h3-4,7-12,17H,1-2,5-6,13-16H2. The van der Waals surface area contributed by atoms with Crippen molar-refractivity contribution in [2.24, 2.45) is 10.1 Å². The summed E-state index contributed by atoms with van der Waals surface area (Å²) in [6, 6.07) is 14.8. The maximum atomic E-state index is 12.9. The van der Waals surface area contributed by atoms with E-state index in [4.69, 9.17) is 14.8 Å². The fraction of sp³-hybridized carbons (Fsp3) is 0.333. The molecule has 0 atom stereocenters. The second kappa shape index (κ2) is 10.2. The van der Waals surface area contributed by atoms with E-state index < -0.39 is 10.0 Å². The monoisotopic (exact) mass is 560 g/mol. The van der Waals surface area contributed by atoms with E-state index in [2.05, 4.69) is 27.4 Å². The van der Waals surface area contributed by atoms with E-state index in [0.29, 0.717) is 32.0 Å². The van der Waals surface area contributed by atoms with Gasteiger partial charge in [0.25, 0.3) is 0 Å². The lowest BCUT2D eigenvalue weighted by Crippen LogP contribution is -2.40. The van der Waals surface area contributed by atoms with Crippen molar-refractivity contribution in [1.29, 1.82) is 0 Å². The Labute approximate surface area is 211 Å². The topological polar surface area (TPSA) is 76.3 Å². The summed E-state index contributed by atoms with van der Waals surface area (Å²) in [5, 5.41) is 7.03. The first kappa shape index (κ1) is 23.6. The van der Waals surface area contributed by atoms with Crippen LogP contribution in [0, 0.1) is 0 Å². The van der Waals surface area contributed by atoms with E-state index in [1.807, 2.05) is 22.9 Å². The molecule has 0 spiro atoms. The van der Waals surface area contributed by atoms with Crippen LogP contribution in [0.2, 0.25) is 0 Å². The van der Waals surface area contributed by atoms with Gasteiger partial charge in [-0.1, -0.05) is 34.1 Å². The number of thiazole rings is 1. The smallest absolute Gasteiger partial charge is 0.243 e. The van der Waals surface area contributed by atoms with Gasteiger partial charge in [-0.25, -0.2) is 18.1 Å². The summed E-state index contributed by atoms with van der Waals surface area (Å²) in [7, 11) is -3.53. The van der Waals surface area contributed by atoms with E-state index in [-0.39, 0.29) is 4.90 Å². The number of morpholine rings is 1. The molecule has 3 aromatic rings. The third-order valence-corrected chi connectivity index (χ3v) is 9.35. The summed E-state index contributed by atoms with van der Waals surface area (Å²) in [6.45, 7) is 1.60. The molecule has 34 heavy (non-hydrogen) atoms. The van der Waals surface area contributed by atoms with Gasteiger partial charge in [0.1, 0.15) is 0 Å². The summed E-state index contributed by atoms with van der Waals surface area (Å²) in [5.41, 5.74) is 3.89. The van der Waals surface area contributed by atoms with Gasteiger partial charge < -0.3 is 4.74 Å². The quantitative estimate of drug-likeness (QED) is 0.440. The van der Waals surface area contributed by atoms with Crippen molar-refractivity contribution in [2.45, 2.75) is 30.6 Å². The second-order valence-corrected chi connectivity index (χ2v) is 11.8. The van der Waals surface area contributed by atoms with Crippen LogP contribution in [0.3, 0.4) is 0 Å². The molecular weight excluding hydrogens is 536 g/mol. The molecular formula is C24H25BrN4O3S2. The minimum atomic E-state index is -3.53. The molecule has 1 saturated carbocycles. The molecule has 7 nitrogen and oxygen atoms in total. The zero-order valence-electron chi connectivity index (χ0n) is 18.6. The summed E-state index contributed by atoms with van der Waals surface area (Å²) < 4.78 is 35.5. The van der Waals surface area contributed by atoms with E-state index in [9.17, 15) is 8.42 Å². The Morgan fingerprint density at radius 2 is 1.68 bits per heavy atom. The molecule has 5 rings (SSSR count). The molecule has 178 valence electrons. The van der Waals surface area contributed by atoms with Crippen molar-refractivity contribution >= 4 is 48.7 Å². The highest BCUT2D eigenvalue weighted by Gasteiger charge is 2.26. The van der Waals surface area contributed by atoms with Gasteiger partial charge in [0.2, 0.25) is 14.8 Å². The fourth-order valence-corrected chi connectivity index (χ4v) is 6.83. The molecule has 10 heteroatoms. The molecule has 2 aromatic carbocycles. The molecule has 0 unspecified atom stereocenters. The maximum Gasteiger partial charge on any atom is 0.243 e. The van der Waals surface area contributed by atoms with Gasteiger partial charge in [0.05, 0.1) is 29.5 Å². The van der Waals surface area contributed by atoms with Crippen LogP contribution >= 0.6 is 27.3 Å². The first-order valence-corrected chi connectivity index (χ1v) is 14.4. The lowest BCUT2D eigenvalue weighted by atomic mass is 10.2. The Morgan fingerprint density at radius 1 is 0.971 bits per heavy atom. The van der Waals surface area contributed by atoms with Crippen molar-refractivity contribution < 1.29 is 13.2 Å². The second-order valence-electron chi connectivity index (χ2n) is 8.19. The lowest BCUT2D eigenvalue weighted by molar-refractivity contribution is 0.0730. The number of hydrogen-bond acceptors (Lipinski definition) is 6. The number of rotatable bonds is 5. The first-order chi connectivity index (χ1) is 16.5. The van der Waals surface area contributed by atoms with E-state index in [1.165, 1.54) is 34.2 Å². The summed E-state index contributed by atoms with van der Waals surface area (Å²) in [6.07, 6.45) is 4.34. The molecule has 0 N–H and O–H groups in total. The molecule has 1 aliphatic carbocycles. The molecule has 0 bridgehead atoms. The van der Waals surface area contributed by atoms with Crippen LogP contribution in [0.5, 0.6) is 0 Å². The molecule has 0 amide bonds. The van der Waals surface area contributed by atoms with Gasteiger partial charge in [0.15, 0.2) is 0 Å². The molecule has 2 fully saturated rings. The van der Waals surface area contributed by atoms with Gasteiger partial charge in [-0.15, -0.1) is 11.3 Å². The highest BCUT2D eigenvalue weighted by Crippen LogP contribution is 2.29. The molecule has 1 aliphatic heterocycles. The number of hydrogen-bond donors (Lipinski definition) is 0. The average Bonchev–Trinajstić information content (AvgIpc) is 3.51. The third-order valence-electron chi connectivity index (χ3n) is 5.93. The Balaban J connectivity index is 1.52. The minimum absolute atomic E-state index is 0.271. The summed E-state index contributed by atoms with van der Waals surface area (Å²) in [5.74, 6) is 0. The van der Waals surface area contributed by atoms with Crippen LogP contribution in [0.25, 0.3) is 11.3 Å². The van der Waals surface area contributed by atoms with E-state index in [0.717, 1.165) is 33.4 Å². The number of aromatic nitrogens is 1. The van der Waals surface area contributed by atoms with Crippen LogP contribution in [0.15, 0.2) is 73.4 Å². The van der Waals surface area contributed by atoms with Crippen molar-refractivity contribution in [3.63, 3.8) is 0 Å². The Bertz CT molecular complexity index is 1360. The molecule has 1 aromatic heterocycles. The van der Waals surface area contributed by atoms with E-state index >= 15 is 0 Å². The molecule has 0 radical (unpaired) electrons. The summed E-state index contributed by atoms with van der Waals surface area (Å²) in [4.78, 5) is 5.84. The predicted octanol–water partition coefficient (Wildman–Crippen LogP) is 5.01. The van der Waals surface area contributed by atoms with Gasteiger partial charge in [-0.05, 0) is 56.0 Å². The lowest BCUT2D eigenvalue weighted by Gasteiger charge is -2.26. The van der Waals surface area contributed by atoms with Crippen molar-refractivity contribution in [3.05, 3.63) is 63.2 Å². The largest absolute Gasteiger partial charge is 0.379 e. The fourth-order valence-electron chi connectivity index (χ4n) is 4.09. The predicted molar refractivity (Wildman–Crippen MR) is 138 cm³/mol. The minimum Gasteiger partial charge on any atom is -0.379 e. The maximum absolute atomic E-state index is 12.9. The van der Waals surface area contributed by atoms with Crippen LogP contribution < -0.4 is 4.80 Å². The van der Waals surface area contributed by atoms with Crippen LogP contribution in [-0.4, -0.2) is 49.4 Å². The summed E-state index contributed by atoms with van der Waals surface area (Å²) >= 11 is 5.18. The van der Waals surface area contributed by atoms with Crippen molar-refractivity contribution in [3.8, 4) is 11.3 Å². The van der Waals surface area contributed by atoms with Gasteiger partial charge >= 0.3 is 0 Å². The van der Waals surface area contributed by atoms with Gasteiger partial charge in [-0.2, -0.15) is 9.41 Å². The van der Waals surface area contributed by atoms with Crippen LogP contribution in [0.4, 0.5) is 5.69 Å². The number of benzene rings is 2. The van der Waals surface area contributed by atoms with Crippen molar-refractivity contribution in [2.75, 3.05) is 26.3 Å². The van der Waals surface area contributed by atoms with Gasteiger partial charge in [0, 0.05) is 34.2 Å². The number of halogens is 1. The average molecular weight is 562 g/mol. The highest BCUT2D eigenvalue weighted by molar-refractivity contribution is 9.10. The Morgan fingerprint density at radius 3 is 2.38 bits per heavy atom. The zero-order chi connectivity index (χ0) is 23.5. The normalized spacial score (nSPS) is 17.9. The number of sulfonamides is 1. The zero-order valence-corrected chi connectivity index (χ0v) is 21.8. The molecule has 1 saturated heterocycles. The SMILES string of the molecule is O=S(=O)(c1ccc(N=c2scc(-c3ccccc3Br)n2N=C2CCCC2)cc1)N1CCOCC1. The van der Waals surface area contributed by atoms with Crippen LogP contribution in [-0.2, 0) is 14.8 Å². The molecule has 2 aliphatic rings. The van der Waals surface area contributed by atoms with Gasteiger partial charge in [-0.3, -0.25) is 0 Å². The first-order valence-electron chi connectivity index (χ1n) is 11.3. The van der Waals surface area contributed by atoms with Crippen LogP contribution in [0.1, 0.15) is 25.7 Å².